The highest BCUT2D eigenvalue weighted by atomic mass is 35.5. The molecule has 0 atom stereocenters. The van der Waals surface area contributed by atoms with Crippen molar-refractivity contribution in [3.8, 4) is 0 Å². The standard InChI is InChI=1S/C10H10ClFN4O2S/c11-7-3-8(12)9(13)4-10(7)19(17,18)15-5-6-1-2-14-16-6/h1-4,15H,5,13H2,(H,14,16). The van der Waals surface area contributed by atoms with E-state index in [2.05, 4.69) is 14.9 Å². The lowest BCUT2D eigenvalue weighted by Gasteiger charge is -2.08. The van der Waals surface area contributed by atoms with Crippen LogP contribution in [-0.2, 0) is 16.6 Å². The fraction of sp³-hybridized carbons (Fsp3) is 0.100. The van der Waals surface area contributed by atoms with E-state index in [0.29, 0.717) is 5.69 Å². The molecule has 102 valence electrons. The molecule has 0 bridgehead atoms. The van der Waals surface area contributed by atoms with Gasteiger partial charge in [-0.3, -0.25) is 5.10 Å². The zero-order valence-corrected chi connectivity index (χ0v) is 11.1. The summed E-state index contributed by atoms with van der Waals surface area (Å²) in [7, 11) is -3.88. The second-order valence-electron chi connectivity index (χ2n) is 3.71. The molecular weight excluding hydrogens is 295 g/mol. The second-order valence-corrected chi connectivity index (χ2v) is 5.85. The number of halogens is 2. The number of aromatic nitrogens is 2. The molecule has 0 spiro atoms. The first-order chi connectivity index (χ1) is 8.90. The first-order valence-corrected chi connectivity index (χ1v) is 6.98. The molecule has 0 amide bonds. The number of hydrogen-bond donors (Lipinski definition) is 3. The molecule has 1 aromatic heterocycles. The van der Waals surface area contributed by atoms with Gasteiger partial charge in [0.15, 0.2) is 0 Å². The van der Waals surface area contributed by atoms with E-state index < -0.39 is 15.8 Å². The number of aromatic amines is 1. The lowest BCUT2D eigenvalue weighted by atomic mass is 10.3. The van der Waals surface area contributed by atoms with Crippen molar-refractivity contribution in [1.82, 2.24) is 14.9 Å². The van der Waals surface area contributed by atoms with Gasteiger partial charge in [0.2, 0.25) is 10.0 Å². The maximum absolute atomic E-state index is 13.1. The third-order valence-electron chi connectivity index (χ3n) is 2.35. The number of rotatable bonds is 4. The first kappa shape index (κ1) is 13.8. The summed E-state index contributed by atoms with van der Waals surface area (Å²) in [6.07, 6.45) is 1.49. The molecule has 2 rings (SSSR count). The molecule has 2 aromatic rings. The van der Waals surface area contributed by atoms with Gasteiger partial charge >= 0.3 is 0 Å². The summed E-state index contributed by atoms with van der Waals surface area (Å²) in [5.74, 6) is -0.766. The van der Waals surface area contributed by atoms with Gasteiger partial charge in [-0.15, -0.1) is 0 Å². The SMILES string of the molecule is Nc1cc(S(=O)(=O)NCc2ccn[nH]2)c(Cl)cc1F. The van der Waals surface area contributed by atoms with Crippen LogP contribution in [0.15, 0.2) is 29.3 Å². The van der Waals surface area contributed by atoms with Crippen LogP contribution >= 0.6 is 11.6 Å². The van der Waals surface area contributed by atoms with Crippen LogP contribution in [0.25, 0.3) is 0 Å². The summed E-state index contributed by atoms with van der Waals surface area (Å²) >= 11 is 5.71. The van der Waals surface area contributed by atoms with Crippen LogP contribution in [0.3, 0.4) is 0 Å². The molecule has 0 radical (unpaired) electrons. The Morgan fingerprint density at radius 1 is 1.47 bits per heavy atom. The fourth-order valence-corrected chi connectivity index (χ4v) is 2.94. The minimum atomic E-state index is -3.88. The zero-order valence-electron chi connectivity index (χ0n) is 9.52. The Bertz CT molecular complexity index is 688. The zero-order chi connectivity index (χ0) is 14.0. The van der Waals surface area contributed by atoms with Crippen molar-refractivity contribution in [3.63, 3.8) is 0 Å². The normalized spacial score (nSPS) is 11.7. The lowest BCUT2D eigenvalue weighted by Crippen LogP contribution is -2.24. The number of sulfonamides is 1. The molecule has 0 aliphatic rings. The van der Waals surface area contributed by atoms with Crippen LogP contribution in [0.1, 0.15) is 5.69 Å². The van der Waals surface area contributed by atoms with Gasteiger partial charge < -0.3 is 5.73 Å². The minimum absolute atomic E-state index is 0.00986. The van der Waals surface area contributed by atoms with Crippen molar-refractivity contribution in [1.29, 1.82) is 0 Å². The van der Waals surface area contributed by atoms with E-state index in [-0.39, 0.29) is 22.2 Å². The molecule has 0 saturated heterocycles. The van der Waals surface area contributed by atoms with Crippen molar-refractivity contribution in [3.05, 3.63) is 40.9 Å². The molecule has 0 aliphatic carbocycles. The van der Waals surface area contributed by atoms with Gasteiger partial charge in [-0.05, 0) is 18.2 Å². The Labute approximate surface area is 113 Å². The molecule has 19 heavy (non-hydrogen) atoms. The van der Waals surface area contributed by atoms with E-state index >= 15 is 0 Å². The highest BCUT2D eigenvalue weighted by Crippen LogP contribution is 2.26. The molecule has 1 heterocycles. The van der Waals surface area contributed by atoms with E-state index in [1.54, 1.807) is 6.07 Å². The molecule has 6 nitrogen and oxygen atoms in total. The molecule has 0 saturated carbocycles. The van der Waals surface area contributed by atoms with E-state index in [1.165, 1.54) is 6.20 Å². The number of H-pyrrole nitrogens is 1. The number of nitrogen functional groups attached to an aromatic ring is 1. The van der Waals surface area contributed by atoms with Crippen LogP contribution in [-0.4, -0.2) is 18.6 Å². The Morgan fingerprint density at radius 3 is 2.84 bits per heavy atom. The van der Waals surface area contributed by atoms with E-state index in [9.17, 15) is 12.8 Å². The molecular formula is C10H10ClFN4O2S. The monoisotopic (exact) mass is 304 g/mol. The van der Waals surface area contributed by atoms with Gasteiger partial charge in [0, 0.05) is 6.20 Å². The maximum atomic E-state index is 13.1. The number of nitrogens with two attached hydrogens (primary N) is 1. The maximum Gasteiger partial charge on any atom is 0.242 e. The van der Waals surface area contributed by atoms with Crippen LogP contribution in [0.5, 0.6) is 0 Å². The van der Waals surface area contributed by atoms with Crippen LogP contribution in [0.4, 0.5) is 10.1 Å². The summed E-state index contributed by atoms with van der Waals surface area (Å²) in [4.78, 5) is -0.271. The van der Waals surface area contributed by atoms with Crippen molar-refractivity contribution < 1.29 is 12.8 Å². The third-order valence-corrected chi connectivity index (χ3v) is 4.22. The summed E-state index contributed by atoms with van der Waals surface area (Å²) in [5.41, 5.74) is 5.63. The predicted molar refractivity (Wildman–Crippen MR) is 68.4 cm³/mol. The molecule has 0 unspecified atom stereocenters. The Morgan fingerprint density at radius 2 is 2.21 bits per heavy atom. The molecule has 9 heteroatoms. The summed E-state index contributed by atoms with van der Waals surface area (Å²) < 4.78 is 39.4. The highest BCUT2D eigenvalue weighted by molar-refractivity contribution is 7.89. The van der Waals surface area contributed by atoms with Gasteiger partial charge in [-0.1, -0.05) is 11.6 Å². The number of nitrogens with one attached hydrogen (secondary N) is 2. The van der Waals surface area contributed by atoms with E-state index in [4.69, 9.17) is 17.3 Å². The van der Waals surface area contributed by atoms with Gasteiger partial charge in [-0.2, -0.15) is 5.10 Å². The average molecular weight is 305 g/mol. The molecule has 0 fully saturated rings. The first-order valence-electron chi connectivity index (χ1n) is 5.12. The largest absolute Gasteiger partial charge is 0.396 e. The molecule has 1 aromatic carbocycles. The van der Waals surface area contributed by atoms with Crippen LogP contribution in [0.2, 0.25) is 5.02 Å². The van der Waals surface area contributed by atoms with Crippen LogP contribution in [0, 0.1) is 5.82 Å². The Kier molecular flexibility index (Phi) is 3.74. The van der Waals surface area contributed by atoms with E-state index in [1.807, 2.05) is 0 Å². The number of anilines is 1. The third kappa shape index (κ3) is 3.03. The van der Waals surface area contributed by atoms with Crippen molar-refractivity contribution >= 4 is 27.3 Å². The fourth-order valence-electron chi connectivity index (χ4n) is 1.38. The van der Waals surface area contributed by atoms with Crippen LogP contribution < -0.4 is 10.5 Å². The quantitative estimate of drug-likeness (QED) is 0.740. The van der Waals surface area contributed by atoms with Gasteiger partial charge in [0.05, 0.1) is 22.9 Å². The molecule has 4 N–H and O–H groups in total. The van der Waals surface area contributed by atoms with Crippen molar-refractivity contribution in [2.45, 2.75) is 11.4 Å². The Hall–Kier alpha value is -1.64. The topological polar surface area (TPSA) is 101 Å². The average Bonchev–Trinajstić information content (AvgIpc) is 2.84. The van der Waals surface area contributed by atoms with Gasteiger partial charge in [-0.25, -0.2) is 17.5 Å². The van der Waals surface area contributed by atoms with Gasteiger partial charge in [0.25, 0.3) is 0 Å². The summed E-state index contributed by atoms with van der Waals surface area (Å²) in [6.45, 7) is 0.00986. The van der Waals surface area contributed by atoms with E-state index in [0.717, 1.165) is 12.1 Å². The van der Waals surface area contributed by atoms with Crippen molar-refractivity contribution in [2.24, 2.45) is 0 Å². The second kappa shape index (κ2) is 5.16. The number of benzene rings is 1. The lowest BCUT2D eigenvalue weighted by molar-refractivity contribution is 0.579. The smallest absolute Gasteiger partial charge is 0.242 e. The highest BCUT2D eigenvalue weighted by Gasteiger charge is 2.20. The number of nitrogens with zero attached hydrogens (tertiary/aromatic N) is 1. The Balaban J connectivity index is 2.27. The van der Waals surface area contributed by atoms with Gasteiger partial charge in [0.1, 0.15) is 10.7 Å². The summed E-state index contributed by atoms with van der Waals surface area (Å²) in [6, 6.07) is 3.46. The minimum Gasteiger partial charge on any atom is -0.396 e. The number of hydrogen-bond acceptors (Lipinski definition) is 4. The van der Waals surface area contributed by atoms with Crippen molar-refractivity contribution in [2.75, 3.05) is 5.73 Å². The predicted octanol–water partition coefficient (Wildman–Crippen LogP) is 1.26. The molecule has 0 aliphatic heterocycles. The summed E-state index contributed by atoms with van der Waals surface area (Å²) in [5, 5.41) is 6.05.